The van der Waals surface area contributed by atoms with Gasteiger partial charge in [-0.3, -0.25) is 0 Å². The third kappa shape index (κ3) is 5.99. The summed E-state index contributed by atoms with van der Waals surface area (Å²) in [7, 11) is 0. The van der Waals surface area contributed by atoms with Crippen molar-refractivity contribution in [2.24, 2.45) is 47.3 Å². The summed E-state index contributed by atoms with van der Waals surface area (Å²) in [6.45, 7) is 15.0. The van der Waals surface area contributed by atoms with Gasteiger partial charge in [0.1, 0.15) is 0 Å². The molecule has 2 fully saturated rings. The summed E-state index contributed by atoms with van der Waals surface area (Å²) in [4.78, 5) is 0. The van der Waals surface area contributed by atoms with Crippen LogP contribution in [0.2, 0.25) is 0 Å². The van der Waals surface area contributed by atoms with Gasteiger partial charge >= 0.3 is 0 Å². The minimum absolute atomic E-state index is 0.958. The van der Waals surface area contributed by atoms with Gasteiger partial charge in [-0.25, -0.2) is 0 Å². The van der Waals surface area contributed by atoms with E-state index >= 15 is 0 Å². The Hall–Kier alpha value is 0. The van der Waals surface area contributed by atoms with E-state index in [-0.39, 0.29) is 0 Å². The van der Waals surface area contributed by atoms with Crippen molar-refractivity contribution in [1.29, 1.82) is 0 Å². The van der Waals surface area contributed by atoms with Crippen LogP contribution in [0.4, 0.5) is 0 Å². The molecular weight excluding hydrogens is 324 g/mol. The van der Waals surface area contributed by atoms with E-state index in [1.807, 2.05) is 0 Å². The largest absolute Gasteiger partial charge is 0.0654 e. The maximum Gasteiger partial charge on any atom is -0.0329 e. The minimum atomic E-state index is 0.958. The van der Waals surface area contributed by atoms with Crippen molar-refractivity contribution in [3.05, 3.63) is 0 Å². The average Bonchev–Trinajstić information content (AvgIpc) is 2.66. The summed E-state index contributed by atoms with van der Waals surface area (Å²) in [6, 6.07) is 0. The Kier molecular flexibility index (Phi) is 10.2. The average molecular weight is 377 g/mol. The lowest BCUT2D eigenvalue weighted by Crippen LogP contribution is -2.41. The molecule has 2 saturated carbocycles. The molecule has 0 spiro atoms. The van der Waals surface area contributed by atoms with Crippen LogP contribution in [0.15, 0.2) is 0 Å². The Labute approximate surface area is 172 Å². The standard InChI is InChI=1S/C27H52/c1-7-12-22(13-8-2)26-15-11-14-21(6)27(25(10-4)24(26)9-3)23-18-16-20(5)17-19-23/h20-27H,7-19H2,1-6H3. The molecule has 2 aliphatic rings. The van der Waals surface area contributed by atoms with Crippen LogP contribution in [0.5, 0.6) is 0 Å². The SMILES string of the molecule is CCCC(CCC)C1CCCC(C)C(C2CCC(C)CC2)C(CC)C1CC. The van der Waals surface area contributed by atoms with Crippen molar-refractivity contribution in [3.8, 4) is 0 Å². The summed E-state index contributed by atoms with van der Waals surface area (Å²) < 4.78 is 0. The van der Waals surface area contributed by atoms with Crippen LogP contribution in [0.1, 0.15) is 125 Å². The van der Waals surface area contributed by atoms with Crippen LogP contribution in [0.25, 0.3) is 0 Å². The lowest BCUT2D eigenvalue weighted by atomic mass is 9.57. The van der Waals surface area contributed by atoms with Crippen molar-refractivity contribution >= 4 is 0 Å². The maximum absolute atomic E-state index is 2.63. The van der Waals surface area contributed by atoms with Crippen molar-refractivity contribution < 1.29 is 0 Å². The fourth-order valence-corrected chi connectivity index (χ4v) is 7.67. The van der Waals surface area contributed by atoms with Gasteiger partial charge in [0, 0.05) is 0 Å². The van der Waals surface area contributed by atoms with Gasteiger partial charge in [-0.15, -0.1) is 0 Å². The molecule has 0 nitrogen and oxygen atoms in total. The van der Waals surface area contributed by atoms with Gasteiger partial charge in [0.05, 0.1) is 0 Å². The summed E-state index contributed by atoms with van der Waals surface area (Å²) >= 11 is 0. The Morgan fingerprint density at radius 3 is 1.81 bits per heavy atom. The lowest BCUT2D eigenvalue weighted by Gasteiger charge is -2.49. The molecule has 0 heterocycles. The Morgan fingerprint density at radius 1 is 0.704 bits per heavy atom. The highest BCUT2D eigenvalue weighted by Crippen LogP contribution is 2.51. The third-order valence-corrected chi connectivity index (χ3v) is 8.92. The van der Waals surface area contributed by atoms with Crippen molar-refractivity contribution in [2.45, 2.75) is 125 Å². The molecule has 5 unspecified atom stereocenters. The Balaban J connectivity index is 2.27. The second kappa shape index (κ2) is 11.9. The van der Waals surface area contributed by atoms with Crippen LogP contribution in [0.3, 0.4) is 0 Å². The second-order valence-electron chi connectivity index (χ2n) is 10.7. The maximum atomic E-state index is 2.63. The van der Waals surface area contributed by atoms with Crippen molar-refractivity contribution in [3.63, 3.8) is 0 Å². The van der Waals surface area contributed by atoms with Crippen molar-refractivity contribution in [2.75, 3.05) is 0 Å². The smallest absolute Gasteiger partial charge is 0.0329 e. The molecule has 0 bridgehead atoms. The highest BCUT2D eigenvalue weighted by atomic mass is 14.5. The first-order valence-corrected chi connectivity index (χ1v) is 13.1. The molecular formula is C27H52. The van der Waals surface area contributed by atoms with Crippen LogP contribution in [-0.2, 0) is 0 Å². The van der Waals surface area contributed by atoms with Crippen molar-refractivity contribution in [1.82, 2.24) is 0 Å². The van der Waals surface area contributed by atoms with Crippen LogP contribution < -0.4 is 0 Å². The number of hydrogen-bond acceptors (Lipinski definition) is 0. The first kappa shape index (κ1) is 23.3. The molecule has 0 radical (unpaired) electrons. The topological polar surface area (TPSA) is 0 Å². The van der Waals surface area contributed by atoms with E-state index in [4.69, 9.17) is 0 Å². The lowest BCUT2D eigenvalue weighted by molar-refractivity contribution is 0.00782. The molecule has 0 amide bonds. The van der Waals surface area contributed by atoms with Gasteiger partial charge < -0.3 is 0 Å². The number of rotatable bonds is 8. The highest BCUT2D eigenvalue weighted by molar-refractivity contribution is 4.92. The quantitative estimate of drug-likeness (QED) is 0.396. The molecule has 2 aliphatic carbocycles. The fraction of sp³-hybridized carbons (Fsp3) is 1.00. The molecule has 0 aliphatic heterocycles. The first-order chi connectivity index (χ1) is 13.1. The third-order valence-electron chi connectivity index (χ3n) is 8.92. The van der Waals surface area contributed by atoms with Gasteiger partial charge in [0.15, 0.2) is 0 Å². The van der Waals surface area contributed by atoms with E-state index < -0.39 is 0 Å². The summed E-state index contributed by atoms with van der Waals surface area (Å²) in [6.07, 6.45) is 19.2. The molecule has 2 rings (SSSR count). The molecule has 0 aromatic heterocycles. The van der Waals surface area contributed by atoms with Crippen LogP contribution in [0, 0.1) is 47.3 Å². The molecule has 0 saturated heterocycles. The molecule has 5 atom stereocenters. The summed E-state index contributed by atoms with van der Waals surface area (Å²) in [5, 5.41) is 0. The summed E-state index contributed by atoms with van der Waals surface area (Å²) in [5.74, 6) is 7.98. The van der Waals surface area contributed by atoms with Crippen LogP contribution in [-0.4, -0.2) is 0 Å². The minimum Gasteiger partial charge on any atom is -0.0654 e. The van der Waals surface area contributed by atoms with Crippen LogP contribution >= 0.6 is 0 Å². The van der Waals surface area contributed by atoms with Gasteiger partial charge in [-0.05, 0) is 66.6 Å². The van der Waals surface area contributed by atoms with E-state index in [9.17, 15) is 0 Å². The second-order valence-corrected chi connectivity index (χ2v) is 10.7. The highest BCUT2D eigenvalue weighted by Gasteiger charge is 2.42. The predicted molar refractivity (Wildman–Crippen MR) is 122 cm³/mol. The van der Waals surface area contributed by atoms with E-state index in [2.05, 4.69) is 41.5 Å². The molecule has 27 heavy (non-hydrogen) atoms. The van der Waals surface area contributed by atoms with Gasteiger partial charge in [-0.2, -0.15) is 0 Å². The Morgan fingerprint density at radius 2 is 1.30 bits per heavy atom. The normalized spacial score (nSPS) is 38.6. The summed E-state index contributed by atoms with van der Waals surface area (Å²) in [5.41, 5.74) is 0. The van der Waals surface area contributed by atoms with E-state index in [0.29, 0.717) is 0 Å². The van der Waals surface area contributed by atoms with Gasteiger partial charge in [-0.1, -0.05) is 106 Å². The molecule has 0 aromatic carbocycles. The van der Waals surface area contributed by atoms with E-state index in [1.54, 1.807) is 0 Å². The first-order valence-electron chi connectivity index (χ1n) is 13.1. The van der Waals surface area contributed by atoms with Gasteiger partial charge in [0.2, 0.25) is 0 Å². The Bertz CT molecular complexity index is 371. The number of hydrogen-bond donors (Lipinski definition) is 0. The van der Waals surface area contributed by atoms with E-state index in [1.165, 1.54) is 83.5 Å². The molecule has 160 valence electrons. The van der Waals surface area contributed by atoms with Gasteiger partial charge in [0.25, 0.3) is 0 Å². The zero-order valence-electron chi connectivity index (χ0n) is 19.8. The predicted octanol–water partition coefficient (Wildman–Crippen LogP) is 9.13. The zero-order chi connectivity index (χ0) is 19.8. The molecule has 0 N–H and O–H groups in total. The molecule has 0 heteroatoms. The zero-order valence-corrected chi connectivity index (χ0v) is 19.8. The monoisotopic (exact) mass is 376 g/mol. The fourth-order valence-electron chi connectivity index (χ4n) is 7.67. The van der Waals surface area contributed by atoms with E-state index in [0.717, 1.165) is 47.3 Å². The molecule has 0 aromatic rings.